The van der Waals surface area contributed by atoms with Gasteiger partial charge >= 0.3 is 0 Å². The molecule has 4 rings (SSSR count). The van der Waals surface area contributed by atoms with E-state index in [1.54, 1.807) is 0 Å². The van der Waals surface area contributed by atoms with Gasteiger partial charge in [0.2, 0.25) is 0 Å². The number of hydrogen-bond donors (Lipinski definition) is 1. The summed E-state index contributed by atoms with van der Waals surface area (Å²) < 4.78 is 0. The van der Waals surface area contributed by atoms with Gasteiger partial charge in [-0.2, -0.15) is 0 Å². The maximum atomic E-state index is 13.0. The molecule has 0 radical (unpaired) electrons. The number of benzene rings is 1. The number of carbonyl (C=O) groups excluding carboxylic acids is 1. The van der Waals surface area contributed by atoms with Gasteiger partial charge in [0, 0.05) is 43.0 Å². The van der Waals surface area contributed by atoms with Crippen molar-refractivity contribution in [2.45, 2.75) is 13.8 Å². The zero-order valence-corrected chi connectivity index (χ0v) is 17.6. The molecule has 154 valence electrons. The minimum absolute atomic E-state index is 0.0286. The quantitative estimate of drug-likeness (QED) is 0.684. The highest BCUT2D eigenvalue weighted by molar-refractivity contribution is 6.06. The molecular weight excluding hydrogens is 376 g/mol. The molecule has 0 unspecified atom stereocenters. The molecule has 1 aromatic rings. The number of fused-ring (bicyclic) bond motifs is 1. The number of nitrogens with one attached hydrogen (secondary N) is 1. The number of aliphatic imine (C=N–C) groups is 1. The fourth-order valence-corrected chi connectivity index (χ4v) is 3.83. The van der Waals surface area contributed by atoms with Gasteiger partial charge in [0.05, 0.1) is 17.0 Å². The highest BCUT2D eigenvalue weighted by atomic mass is 16.2. The number of aromatic nitrogens is 1. The highest BCUT2D eigenvalue weighted by Crippen LogP contribution is 2.26. The molecule has 1 aromatic carbocycles. The predicted molar refractivity (Wildman–Crippen MR) is 120 cm³/mol. The minimum Gasteiger partial charge on any atom is -0.336 e. The normalized spacial score (nSPS) is 15.6. The summed E-state index contributed by atoms with van der Waals surface area (Å²) in [6, 6.07) is 15.1. The van der Waals surface area contributed by atoms with Crippen molar-refractivity contribution in [3.63, 3.8) is 0 Å². The lowest BCUT2D eigenvalue weighted by Crippen LogP contribution is -2.47. The second kappa shape index (κ2) is 8.24. The van der Waals surface area contributed by atoms with Crippen LogP contribution in [0.15, 0.2) is 58.3 Å². The first-order chi connectivity index (χ1) is 14.4. The first kappa shape index (κ1) is 20.0. The Kier molecular flexibility index (Phi) is 5.50. The van der Waals surface area contributed by atoms with E-state index in [9.17, 15) is 9.59 Å². The number of aryl methyl sites for hydroxylation is 1. The number of rotatable bonds is 3. The molecule has 0 spiro atoms. The van der Waals surface area contributed by atoms with Crippen LogP contribution in [-0.2, 0) is 0 Å². The number of aromatic amines is 1. The first-order valence-corrected chi connectivity index (χ1v) is 10.2. The molecule has 6 nitrogen and oxygen atoms in total. The number of likely N-dealkylation sites (N-methyl/N-ethyl adjacent to an activating group) is 1. The lowest BCUT2D eigenvalue weighted by atomic mass is 10.1. The molecule has 1 aliphatic carbocycles. The Morgan fingerprint density at radius 2 is 1.77 bits per heavy atom. The smallest absolute Gasteiger partial charge is 0.258 e. The Bertz CT molecular complexity index is 1140. The van der Waals surface area contributed by atoms with Crippen molar-refractivity contribution < 1.29 is 4.79 Å². The van der Waals surface area contributed by atoms with Gasteiger partial charge in [0.1, 0.15) is 0 Å². The molecule has 1 N–H and O–H groups in total. The van der Waals surface area contributed by atoms with E-state index in [4.69, 9.17) is 4.99 Å². The van der Waals surface area contributed by atoms with Gasteiger partial charge in [-0.05, 0) is 44.7 Å². The van der Waals surface area contributed by atoms with Gasteiger partial charge in [-0.15, -0.1) is 0 Å². The van der Waals surface area contributed by atoms with Crippen LogP contribution in [0.25, 0.3) is 11.3 Å². The predicted octanol–water partition coefficient (Wildman–Crippen LogP) is 3.32. The number of hydrogen-bond acceptors (Lipinski definition) is 4. The Balaban J connectivity index is 1.68. The second-order valence-electron chi connectivity index (χ2n) is 7.86. The molecule has 30 heavy (non-hydrogen) atoms. The number of piperazine rings is 1. The summed E-state index contributed by atoms with van der Waals surface area (Å²) in [6.07, 6.45) is 0. The fraction of sp³-hybridized carbons (Fsp3) is 0.292. The van der Waals surface area contributed by atoms with E-state index < -0.39 is 0 Å². The molecular formula is C24H26N4O2. The van der Waals surface area contributed by atoms with Crippen LogP contribution in [-0.4, -0.2) is 59.6 Å². The van der Waals surface area contributed by atoms with E-state index >= 15 is 0 Å². The van der Waals surface area contributed by atoms with E-state index in [0.717, 1.165) is 43.0 Å². The Morgan fingerprint density at radius 1 is 1.03 bits per heavy atom. The van der Waals surface area contributed by atoms with Crippen molar-refractivity contribution in [3.8, 4) is 11.3 Å². The van der Waals surface area contributed by atoms with Crippen molar-refractivity contribution in [3.05, 3.63) is 75.6 Å². The average molecular weight is 402 g/mol. The largest absolute Gasteiger partial charge is 0.336 e. The lowest BCUT2D eigenvalue weighted by molar-refractivity contribution is 0.0664. The van der Waals surface area contributed by atoms with Crippen molar-refractivity contribution in [2.75, 3.05) is 33.2 Å². The molecule has 2 aliphatic heterocycles. The molecule has 2 heterocycles. The van der Waals surface area contributed by atoms with E-state index in [-0.39, 0.29) is 11.5 Å². The van der Waals surface area contributed by atoms with Crippen LogP contribution >= 0.6 is 0 Å². The van der Waals surface area contributed by atoms with Crippen molar-refractivity contribution in [1.29, 1.82) is 0 Å². The summed E-state index contributed by atoms with van der Waals surface area (Å²) >= 11 is 0. The molecule has 1 saturated heterocycles. The number of H-pyrrole nitrogens is 1. The molecule has 0 aromatic heterocycles. The van der Waals surface area contributed by atoms with Gasteiger partial charge in [0.15, 0.2) is 0 Å². The van der Waals surface area contributed by atoms with Crippen LogP contribution in [0.4, 0.5) is 5.69 Å². The maximum Gasteiger partial charge on any atom is 0.258 e. The van der Waals surface area contributed by atoms with Crippen molar-refractivity contribution in [1.82, 2.24) is 14.8 Å². The maximum absolute atomic E-state index is 13.0. The summed E-state index contributed by atoms with van der Waals surface area (Å²) in [5, 5.41) is 0. The standard InChI is InChI=1S/C24H26N4O2/c1-16-9-10-18(24(30)28-13-11-27(3)12-14-28)15-21(16)25-17(2)22-19-7-5-4-6-8-20(19)26-23(22)29/h4-10,15H,11-14H2,1-3H3,(H,26,29). The van der Waals surface area contributed by atoms with Gasteiger partial charge in [-0.25, -0.2) is 0 Å². The summed E-state index contributed by atoms with van der Waals surface area (Å²) in [5.41, 5.74) is 4.97. The SMILES string of the molecule is CC(=Nc1cc(C(=O)N2CCN(C)CC2)ccc1C)c1c2cccccc-2[nH]c1=O. The van der Waals surface area contributed by atoms with Crippen LogP contribution in [0.2, 0.25) is 0 Å². The third-order valence-electron chi connectivity index (χ3n) is 5.68. The number of carbonyl (C=O) groups is 1. The monoisotopic (exact) mass is 402 g/mol. The molecule has 0 bridgehead atoms. The summed E-state index contributed by atoms with van der Waals surface area (Å²) in [7, 11) is 2.07. The van der Waals surface area contributed by atoms with E-state index in [2.05, 4.69) is 16.9 Å². The zero-order valence-electron chi connectivity index (χ0n) is 17.6. The highest BCUT2D eigenvalue weighted by Gasteiger charge is 2.21. The molecule has 1 amide bonds. The van der Waals surface area contributed by atoms with Gasteiger partial charge in [0.25, 0.3) is 11.5 Å². The zero-order chi connectivity index (χ0) is 21.3. The molecule has 6 heteroatoms. The molecule has 0 saturated carbocycles. The van der Waals surface area contributed by atoms with Crippen LogP contribution in [0.3, 0.4) is 0 Å². The number of nitrogens with zero attached hydrogens (tertiary/aromatic N) is 3. The summed E-state index contributed by atoms with van der Waals surface area (Å²) in [6.45, 7) is 7.02. The third-order valence-corrected chi connectivity index (χ3v) is 5.68. The van der Waals surface area contributed by atoms with Gasteiger partial charge in [-0.1, -0.05) is 30.3 Å². The van der Waals surface area contributed by atoms with E-state index in [1.807, 2.05) is 67.3 Å². The lowest BCUT2D eigenvalue weighted by Gasteiger charge is -2.32. The van der Waals surface area contributed by atoms with Crippen molar-refractivity contribution >= 4 is 17.3 Å². The first-order valence-electron chi connectivity index (χ1n) is 10.2. The fourth-order valence-electron chi connectivity index (χ4n) is 3.83. The van der Waals surface area contributed by atoms with E-state index in [0.29, 0.717) is 22.5 Å². The summed E-state index contributed by atoms with van der Waals surface area (Å²) in [5.74, 6) is 0.0286. The molecule has 0 atom stereocenters. The average Bonchev–Trinajstić information content (AvgIpc) is 2.88. The topological polar surface area (TPSA) is 68.8 Å². The number of amides is 1. The minimum atomic E-state index is -0.153. The van der Waals surface area contributed by atoms with Gasteiger partial charge < -0.3 is 14.8 Å². The Morgan fingerprint density at radius 3 is 2.53 bits per heavy atom. The van der Waals surface area contributed by atoms with Gasteiger partial charge in [-0.3, -0.25) is 14.6 Å². The van der Waals surface area contributed by atoms with Crippen LogP contribution in [0, 0.1) is 6.92 Å². The molecule has 3 aliphatic rings. The van der Waals surface area contributed by atoms with Crippen LogP contribution in [0.1, 0.15) is 28.4 Å². The Hall–Kier alpha value is -3.25. The van der Waals surface area contributed by atoms with E-state index in [1.165, 1.54) is 0 Å². The van der Waals surface area contributed by atoms with Crippen molar-refractivity contribution in [2.24, 2.45) is 4.99 Å². The van der Waals surface area contributed by atoms with Crippen LogP contribution < -0.4 is 5.56 Å². The van der Waals surface area contributed by atoms with Crippen LogP contribution in [0.5, 0.6) is 0 Å². The third kappa shape index (κ3) is 3.91. The Labute approximate surface area is 176 Å². The second-order valence-corrected chi connectivity index (χ2v) is 7.86. The molecule has 1 fully saturated rings. The summed E-state index contributed by atoms with van der Waals surface area (Å²) in [4.78, 5) is 37.3.